The molecule has 1 aromatic rings. The predicted molar refractivity (Wildman–Crippen MR) is 61.6 cm³/mol. The maximum Gasteiger partial charge on any atom is 0.273 e. The molecule has 1 aromatic carbocycles. The molecule has 0 fully saturated rings. The summed E-state index contributed by atoms with van der Waals surface area (Å²) in [6.45, 7) is 0.733. The number of nitrogens with zero attached hydrogens (tertiary/aromatic N) is 3. The number of hydrogen-bond acceptors (Lipinski definition) is 5. The first kappa shape index (κ1) is 12.9. The summed E-state index contributed by atoms with van der Waals surface area (Å²) < 4.78 is 5.00. The Balaban J connectivity index is 2.95. The minimum atomic E-state index is -0.462. The van der Waals surface area contributed by atoms with Gasteiger partial charge in [-0.1, -0.05) is 0 Å². The van der Waals surface area contributed by atoms with Gasteiger partial charge in [-0.3, -0.25) is 15.0 Å². The molecule has 0 radical (unpaired) electrons. The first-order chi connectivity index (χ1) is 8.06. The molecule has 17 heavy (non-hydrogen) atoms. The minimum absolute atomic E-state index is 0.00953. The maximum absolute atomic E-state index is 10.7. The van der Waals surface area contributed by atoms with Crippen LogP contribution in [0.3, 0.4) is 0 Å². The lowest BCUT2D eigenvalue weighted by atomic mass is 10.2. The summed E-state index contributed by atoms with van der Waals surface area (Å²) >= 11 is 0. The van der Waals surface area contributed by atoms with Crippen molar-refractivity contribution in [3.05, 3.63) is 33.9 Å². The SMILES string of the molecule is COc1cc(CN(C)CC#N)cc([N+](=O)[O-])c1. The van der Waals surface area contributed by atoms with Crippen LogP contribution in [-0.2, 0) is 6.54 Å². The Morgan fingerprint density at radius 3 is 2.76 bits per heavy atom. The third-order valence-corrected chi connectivity index (χ3v) is 2.19. The highest BCUT2D eigenvalue weighted by Crippen LogP contribution is 2.23. The van der Waals surface area contributed by atoms with Crippen molar-refractivity contribution >= 4 is 5.69 Å². The summed E-state index contributed by atoms with van der Waals surface area (Å²) in [7, 11) is 3.23. The Bertz CT molecular complexity index is 454. The summed E-state index contributed by atoms with van der Waals surface area (Å²) in [5.41, 5.74) is 0.735. The summed E-state index contributed by atoms with van der Waals surface area (Å²) in [5.74, 6) is 0.444. The van der Waals surface area contributed by atoms with E-state index in [0.29, 0.717) is 12.3 Å². The van der Waals surface area contributed by atoms with Gasteiger partial charge in [0.25, 0.3) is 5.69 Å². The summed E-state index contributed by atoms with van der Waals surface area (Å²) in [6, 6.07) is 6.59. The zero-order chi connectivity index (χ0) is 12.8. The number of rotatable bonds is 5. The van der Waals surface area contributed by atoms with E-state index in [4.69, 9.17) is 10.00 Å². The Morgan fingerprint density at radius 1 is 1.53 bits per heavy atom. The van der Waals surface area contributed by atoms with Crippen molar-refractivity contribution in [1.29, 1.82) is 5.26 Å². The fraction of sp³-hybridized carbons (Fsp3) is 0.364. The first-order valence-electron chi connectivity index (χ1n) is 4.94. The molecule has 6 heteroatoms. The largest absolute Gasteiger partial charge is 0.496 e. The van der Waals surface area contributed by atoms with E-state index in [9.17, 15) is 10.1 Å². The van der Waals surface area contributed by atoms with Crippen LogP contribution in [-0.4, -0.2) is 30.5 Å². The average molecular weight is 235 g/mol. The quantitative estimate of drug-likeness (QED) is 0.439. The third kappa shape index (κ3) is 3.74. The van der Waals surface area contributed by atoms with Crippen molar-refractivity contribution in [2.24, 2.45) is 0 Å². The second-order valence-electron chi connectivity index (χ2n) is 3.63. The molecule has 0 saturated carbocycles. The molecule has 0 spiro atoms. The second-order valence-corrected chi connectivity index (χ2v) is 3.63. The zero-order valence-electron chi connectivity index (χ0n) is 9.71. The summed E-state index contributed by atoms with van der Waals surface area (Å²) in [6.07, 6.45) is 0. The number of methoxy groups -OCH3 is 1. The van der Waals surface area contributed by atoms with Gasteiger partial charge in [0.2, 0.25) is 0 Å². The molecular weight excluding hydrogens is 222 g/mol. The van der Waals surface area contributed by atoms with Crippen molar-refractivity contribution in [3.8, 4) is 11.8 Å². The van der Waals surface area contributed by atoms with Crippen molar-refractivity contribution in [3.63, 3.8) is 0 Å². The van der Waals surface area contributed by atoms with Gasteiger partial charge < -0.3 is 4.74 Å². The van der Waals surface area contributed by atoms with Gasteiger partial charge in [0.05, 0.1) is 30.7 Å². The van der Waals surface area contributed by atoms with E-state index in [1.54, 1.807) is 18.0 Å². The highest BCUT2D eigenvalue weighted by molar-refractivity contribution is 5.42. The number of nitro groups is 1. The molecule has 0 unspecified atom stereocenters. The molecule has 0 amide bonds. The fourth-order valence-electron chi connectivity index (χ4n) is 1.45. The molecule has 1 rings (SSSR count). The predicted octanol–water partition coefficient (Wildman–Crippen LogP) is 1.56. The van der Waals surface area contributed by atoms with Crippen molar-refractivity contribution in [1.82, 2.24) is 4.90 Å². The van der Waals surface area contributed by atoms with E-state index >= 15 is 0 Å². The number of nitro benzene ring substituents is 1. The Labute approximate surface area is 99.2 Å². The van der Waals surface area contributed by atoms with Gasteiger partial charge in [0.15, 0.2) is 0 Å². The molecule has 90 valence electrons. The van der Waals surface area contributed by atoms with Crippen LogP contribution in [0, 0.1) is 21.4 Å². The summed E-state index contributed by atoms with van der Waals surface area (Å²) in [4.78, 5) is 12.0. The number of benzene rings is 1. The average Bonchev–Trinajstić information content (AvgIpc) is 2.28. The maximum atomic E-state index is 10.7. The molecule has 0 saturated heterocycles. The Hall–Kier alpha value is -2.13. The Morgan fingerprint density at radius 2 is 2.24 bits per heavy atom. The molecule has 0 aliphatic carbocycles. The lowest BCUT2D eigenvalue weighted by Crippen LogP contribution is -2.17. The molecule has 0 bridgehead atoms. The molecule has 0 aliphatic heterocycles. The standard InChI is InChI=1S/C11H13N3O3/c1-13(4-3-12)8-9-5-10(14(15)16)7-11(6-9)17-2/h5-7H,4,8H2,1-2H3. The van der Waals surface area contributed by atoms with Crippen LogP contribution in [0.4, 0.5) is 5.69 Å². The van der Waals surface area contributed by atoms with Crippen molar-refractivity contribution in [2.75, 3.05) is 20.7 Å². The van der Waals surface area contributed by atoms with Crippen LogP contribution in [0.2, 0.25) is 0 Å². The van der Waals surface area contributed by atoms with Gasteiger partial charge in [-0.25, -0.2) is 0 Å². The molecule has 0 heterocycles. The summed E-state index contributed by atoms with van der Waals surface area (Å²) in [5, 5.41) is 19.3. The minimum Gasteiger partial charge on any atom is -0.496 e. The van der Waals surface area contributed by atoms with Crippen molar-refractivity contribution < 1.29 is 9.66 Å². The second kappa shape index (κ2) is 5.82. The van der Waals surface area contributed by atoms with Gasteiger partial charge in [0, 0.05) is 12.6 Å². The van der Waals surface area contributed by atoms with E-state index in [-0.39, 0.29) is 12.2 Å². The molecule has 6 nitrogen and oxygen atoms in total. The van der Waals surface area contributed by atoms with Crippen molar-refractivity contribution in [2.45, 2.75) is 6.54 Å². The highest BCUT2D eigenvalue weighted by atomic mass is 16.6. The van der Waals surface area contributed by atoms with E-state index in [0.717, 1.165) is 5.56 Å². The van der Waals surface area contributed by atoms with Gasteiger partial charge >= 0.3 is 0 Å². The monoisotopic (exact) mass is 235 g/mol. The lowest BCUT2D eigenvalue weighted by Gasteiger charge is -2.12. The lowest BCUT2D eigenvalue weighted by molar-refractivity contribution is -0.385. The van der Waals surface area contributed by atoms with Gasteiger partial charge in [0.1, 0.15) is 5.75 Å². The van der Waals surface area contributed by atoms with E-state index in [1.807, 2.05) is 6.07 Å². The topological polar surface area (TPSA) is 79.4 Å². The fourth-order valence-corrected chi connectivity index (χ4v) is 1.45. The molecule has 0 aromatic heterocycles. The van der Waals surface area contributed by atoms with E-state index in [2.05, 4.69) is 0 Å². The third-order valence-electron chi connectivity index (χ3n) is 2.19. The van der Waals surface area contributed by atoms with Crippen LogP contribution in [0.1, 0.15) is 5.56 Å². The molecule has 0 N–H and O–H groups in total. The molecule has 0 atom stereocenters. The first-order valence-corrected chi connectivity index (χ1v) is 4.94. The van der Waals surface area contributed by atoms with Gasteiger partial charge in [-0.15, -0.1) is 0 Å². The van der Waals surface area contributed by atoms with Crippen LogP contribution in [0.25, 0.3) is 0 Å². The molecular formula is C11H13N3O3. The Kier molecular flexibility index (Phi) is 4.43. The van der Waals surface area contributed by atoms with E-state index < -0.39 is 4.92 Å². The van der Waals surface area contributed by atoms with Crippen LogP contribution < -0.4 is 4.74 Å². The van der Waals surface area contributed by atoms with E-state index in [1.165, 1.54) is 19.2 Å². The van der Waals surface area contributed by atoms with Crippen LogP contribution in [0.5, 0.6) is 5.75 Å². The van der Waals surface area contributed by atoms with Crippen LogP contribution in [0.15, 0.2) is 18.2 Å². The molecule has 0 aliphatic rings. The van der Waals surface area contributed by atoms with Gasteiger partial charge in [-0.2, -0.15) is 5.26 Å². The number of hydrogen-bond donors (Lipinski definition) is 0. The number of nitriles is 1. The zero-order valence-corrected chi connectivity index (χ0v) is 9.71. The number of non-ortho nitro benzene ring substituents is 1. The van der Waals surface area contributed by atoms with Gasteiger partial charge in [-0.05, 0) is 18.7 Å². The van der Waals surface area contributed by atoms with Crippen LogP contribution >= 0.6 is 0 Å². The smallest absolute Gasteiger partial charge is 0.273 e. The highest BCUT2D eigenvalue weighted by Gasteiger charge is 2.11. The number of ether oxygens (including phenoxy) is 1. The normalized spacial score (nSPS) is 10.0.